The summed E-state index contributed by atoms with van der Waals surface area (Å²) in [6.45, 7) is 1.86. The molecule has 4 heteroatoms. The lowest BCUT2D eigenvalue weighted by Crippen LogP contribution is -2.40. The molecule has 4 nitrogen and oxygen atoms in total. The number of benzene rings is 1. The second-order valence-corrected chi connectivity index (χ2v) is 7.17. The van der Waals surface area contributed by atoms with Crippen molar-refractivity contribution in [3.05, 3.63) is 23.8 Å². The van der Waals surface area contributed by atoms with Crippen LogP contribution in [-0.4, -0.2) is 30.8 Å². The maximum Gasteiger partial charge on any atom is 0.251 e. The Bertz CT molecular complexity index is 554. The van der Waals surface area contributed by atoms with Gasteiger partial charge in [0.25, 0.3) is 5.79 Å². The van der Waals surface area contributed by atoms with E-state index in [1.807, 2.05) is 0 Å². The topological polar surface area (TPSA) is 47.7 Å². The predicted molar refractivity (Wildman–Crippen MR) is 86.0 cm³/mol. The van der Waals surface area contributed by atoms with Gasteiger partial charge in [0.05, 0.1) is 0 Å². The number of ether oxygens (including phenoxy) is 2. The van der Waals surface area contributed by atoms with Crippen LogP contribution in [0.5, 0.6) is 11.5 Å². The Morgan fingerprint density at radius 3 is 2.68 bits per heavy atom. The van der Waals surface area contributed by atoms with Crippen molar-refractivity contribution in [1.82, 2.24) is 4.90 Å². The van der Waals surface area contributed by atoms with Crippen LogP contribution in [0.3, 0.4) is 0 Å². The summed E-state index contributed by atoms with van der Waals surface area (Å²) in [6, 6.07) is 6.94. The molecule has 22 heavy (non-hydrogen) atoms. The number of likely N-dealkylation sites (tertiary alicyclic amines) is 1. The average Bonchev–Trinajstić information content (AvgIpc) is 3.07. The van der Waals surface area contributed by atoms with Crippen LogP contribution in [0.4, 0.5) is 0 Å². The summed E-state index contributed by atoms with van der Waals surface area (Å²) in [5.41, 5.74) is 7.18. The van der Waals surface area contributed by atoms with E-state index >= 15 is 0 Å². The van der Waals surface area contributed by atoms with E-state index < -0.39 is 0 Å². The molecule has 1 aromatic carbocycles. The summed E-state index contributed by atoms with van der Waals surface area (Å²) < 4.78 is 12.4. The maximum atomic E-state index is 6.26. The normalized spacial score (nSPS) is 30.1. The van der Waals surface area contributed by atoms with Gasteiger partial charge in [0.2, 0.25) is 0 Å². The van der Waals surface area contributed by atoms with Crippen molar-refractivity contribution < 1.29 is 9.47 Å². The van der Waals surface area contributed by atoms with E-state index in [2.05, 4.69) is 30.1 Å². The summed E-state index contributed by atoms with van der Waals surface area (Å²) in [5, 5.41) is 0. The summed E-state index contributed by atoms with van der Waals surface area (Å²) >= 11 is 0. The lowest BCUT2D eigenvalue weighted by molar-refractivity contribution is -0.105. The maximum absolute atomic E-state index is 6.26. The van der Waals surface area contributed by atoms with Gasteiger partial charge in [-0.2, -0.15) is 0 Å². The van der Waals surface area contributed by atoms with Crippen molar-refractivity contribution in [2.45, 2.75) is 50.4 Å². The van der Waals surface area contributed by atoms with Gasteiger partial charge in [-0.05, 0) is 56.5 Å². The fraction of sp³-hybridized carbons (Fsp3) is 0.667. The van der Waals surface area contributed by atoms with E-state index in [0.29, 0.717) is 12.0 Å². The number of fused-ring (bicyclic) bond motifs is 1. The van der Waals surface area contributed by atoms with Gasteiger partial charge in [-0.3, -0.25) is 4.90 Å². The van der Waals surface area contributed by atoms with Crippen molar-refractivity contribution in [2.75, 3.05) is 20.1 Å². The molecule has 1 aromatic rings. The Balaban J connectivity index is 1.55. The number of hydrogen-bond acceptors (Lipinski definition) is 4. The van der Waals surface area contributed by atoms with Gasteiger partial charge in [0.15, 0.2) is 11.5 Å². The van der Waals surface area contributed by atoms with Gasteiger partial charge in [-0.1, -0.05) is 12.5 Å². The highest BCUT2D eigenvalue weighted by Gasteiger charge is 2.43. The van der Waals surface area contributed by atoms with Crippen LogP contribution in [-0.2, 0) is 0 Å². The molecule has 120 valence electrons. The van der Waals surface area contributed by atoms with Gasteiger partial charge in [0, 0.05) is 25.4 Å². The van der Waals surface area contributed by atoms with Crippen LogP contribution < -0.4 is 15.2 Å². The predicted octanol–water partition coefficient (Wildman–Crippen LogP) is 3.07. The Labute approximate surface area is 132 Å². The number of nitrogens with zero attached hydrogens (tertiary/aromatic N) is 1. The van der Waals surface area contributed by atoms with Gasteiger partial charge >= 0.3 is 0 Å². The Morgan fingerprint density at radius 2 is 1.95 bits per heavy atom. The lowest BCUT2D eigenvalue weighted by Gasteiger charge is -2.31. The van der Waals surface area contributed by atoms with E-state index in [1.54, 1.807) is 0 Å². The summed E-state index contributed by atoms with van der Waals surface area (Å²) in [5.74, 6) is 2.08. The Kier molecular flexibility index (Phi) is 3.54. The molecular formula is C18H26N2O2. The first kappa shape index (κ1) is 14.3. The van der Waals surface area contributed by atoms with E-state index in [0.717, 1.165) is 43.9 Å². The molecule has 1 saturated carbocycles. The van der Waals surface area contributed by atoms with Gasteiger partial charge < -0.3 is 15.2 Å². The van der Waals surface area contributed by atoms with Crippen molar-refractivity contribution in [3.63, 3.8) is 0 Å². The van der Waals surface area contributed by atoms with Gasteiger partial charge in [0.1, 0.15) is 0 Å². The third kappa shape index (κ3) is 2.38. The van der Waals surface area contributed by atoms with E-state index in [9.17, 15) is 0 Å². The Morgan fingerprint density at radius 1 is 1.18 bits per heavy atom. The highest BCUT2D eigenvalue weighted by Crippen LogP contribution is 2.47. The standard InChI is InChI=1S/C18H26N2O2/c1-20-12-13(11-19)9-15(20)14-5-6-16-17(10-14)22-18(21-16)7-3-2-4-8-18/h5-6,10,13,15H,2-4,7-9,11-12,19H2,1H3. The fourth-order valence-corrected chi connectivity index (χ4v) is 4.28. The number of rotatable bonds is 2. The Hall–Kier alpha value is -1.26. The van der Waals surface area contributed by atoms with Crippen LogP contribution >= 0.6 is 0 Å². The molecule has 2 fully saturated rings. The zero-order chi connectivity index (χ0) is 15.2. The minimum Gasteiger partial charge on any atom is -0.448 e. The highest BCUT2D eigenvalue weighted by molar-refractivity contribution is 5.47. The van der Waals surface area contributed by atoms with Crippen LogP contribution in [0.25, 0.3) is 0 Å². The molecule has 0 bridgehead atoms. The first-order chi connectivity index (χ1) is 10.7. The van der Waals surface area contributed by atoms with Crippen molar-refractivity contribution in [2.24, 2.45) is 11.7 Å². The van der Waals surface area contributed by atoms with Crippen LogP contribution in [0.2, 0.25) is 0 Å². The molecule has 2 aliphatic heterocycles. The molecule has 2 heterocycles. The van der Waals surface area contributed by atoms with Gasteiger partial charge in [-0.15, -0.1) is 0 Å². The number of nitrogens with two attached hydrogens (primary N) is 1. The fourth-order valence-electron chi connectivity index (χ4n) is 4.28. The summed E-state index contributed by atoms with van der Waals surface area (Å²) in [7, 11) is 2.19. The summed E-state index contributed by atoms with van der Waals surface area (Å²) in [4.78, 5) is 2.41. The molecule has 3 aliphatic rings. The molecule has 2 N–H and O–H groups in total. The lowest BCUT2D eigenvalue weighted by atomic mass is 9.94. The smallest absolute Gasteiger partial charge is 0.251 e. The van der Waals surface area contributed by atoms with Crippen molar-refractivity contribution in [3.8, 4) is 11.5 Å². The van der Waals surface area contributed by atoms with E-state index in [1.165, 1.54) is 24.8 Å². The minimum absolute atomic E-state index is 0.374. The highest BCUT2D eigenvalue weighted by atomic mass is 16.7. The largest absolute Gasteiger partial charge is 0.448 e. The molecule has 0 radical (unpaired) electrons. The third-order valence-corrected chi connectivity index (χ3v) is 5.53. The SMILES string of the molecule is CN1CC(CN)CC1c1ccc2c(c1)OC1(CCCCC1)O2. The van der Waals surface area contributed by atoms with E-state index in [4.69, 9.17) is 15.2 Å². The van der Waals surface area contributed by atoms with Crippen LogP contribution in [0.1, 0.15) is 50.1 Å². The van der Waals surface area contributed by atoms with E-state index in [-0.39, 0.29) is 5.79 Å². The third-order valence-electron chi connectivity index (χ3n) is 5.53. The molecule has 4 rings (SSSR count). The van der Waals surface area contributed by atoms with Crippen LogP contribution in [0, 0.1) is 5.92 Å². The molecular weight excluding hydrogens is 276 g/mol. The molecule has 2 unspecified atom stereocenters. The molecule has 0 amide bonds. The molecule has 2 atom stereocenters. The molecule has 1 saturated heterocycles. The van der Waals surface area contributed by atoms with Crippen LogP contribution in [0.15, 0.2) is 18.2 Å². The second-order valence-electron chi connectivity index (χ2n) is 7.17. The zero-order valence-electron chi connectivity index (χ0n) is 13.4. The molecule has 1 aliphatic carbocycles. The first-order valence-electron chi connectivity index (χ1n) is 8.61. The molecule has 0 aromatic heterocycles. The second kappa shape index (κ2) is 5.43. The van der Waals surface area contributed by atoms with Crippen molar-refractivity contribution >= 4 is 0 Å². The minimum atomic E-state index is -0.374. The first-order valence-corrected chi connectivity index (χ1v) is 8.61. The molecule has 1 spiro atoms. The van der Waals surface area contributed by atoms with Gasteiger partial charge in [-0.25, -0.2) is 0 Å². The summed E-state index contributed by atoms with van der Waals surface area (Å²) in [6.07, 6.45) is 6.85. The number of hydrogen-bond donors (Lipinski definition) is 1. The quantitative estimate of drug-likeness (QED) is 0.912. The zero-order valence-corrected chi connectivity index (χ0v) is 13.4. The monoisotopic (exact) mass is 302 g/mol. The van der Waals surface area contributed by atoms with Crippen molar-refractivity contribution in [1.29, 1.82) is 0 Å². The average molecular weight is 302 g/mol.